The maximum atomic E-state index is 11.6. The SMILES string of the molecule is CC(NC(=O)CNC(=O)CN)c1ccc(S(N)(=O)=O)cc1. The number of amides is 2. The predicted octanol–water partition coefficient (Wildman–Crippen LogP) is -1.41. The lowest BCUT2D eigenvalue weighted by atomic mass is 10.1. The average molecular weight is 314 g/mol. The third kappa shape index (κ3) is 5.50. The normalized spacial score (nSPS) is 12.5. The van der Waals surface area contributed by atoms with Gasteiger partial charge < -0.3 is 16.4 Å². The van der Waals surface area contributed by atoms with Crippen molar-refractivity contribution in [2.75, 3.05) is 13.1 Å². The summed E-state index contributed by atoms with van der Waals surface area (Å²) in [6, 6.07) is 5.50. The standard InChI is InChI=1S/C12H18N4O4S/c1-8(16-12(18)7-15-11(17)6-13)9-2-4-10(5-3-9)21(14,19)20/h2-5,8H,6-7,13H2,1H3,(H,15,17)(H,16,18)(H2,14,19,20). The maximum Gasteiger partial charge on any atom is 0.239 e. The Hall–Kier alpha value is -1.97. The van der Waals surface area contributed by atoms with Gasteiger partial charge in [0, 0.05) is 0 Å². The van der Waals surface area contributed by atoms with Crippen LogP contribution in [0, 0.1) is 0 Å². The Morgan fingerprint density at radius 2 is 1.76 bits per heavy atom. The predicted molar refractivity (Wildman–Crippen MR) is 76.4 cm³/mol. The summed E-state index contributed by atoms with van der Waals surface area (Å²) >= 11 is 0. The van der Waals surface area contributed by atoms with E-state index in [0.717, 1.165) is 0 Å². The molecule has 0 aliphatic heterocycles. The van der Waals surface area contributed by atoms with Gasteiger partial charge in [0.05, 0.1) is 24.0 Å². The second kappa shape index (κ2) is 7.16. The fourth-order valence-electron chi connectivity index (χ4n) is 1.57. The van der Waals surface area contributed by atoms with E-state index in [2.05, 4.69) is 10.6 Å². The molecule has 1 unspecified atom stereocenters. The highest BCUT2D eigenvalue weighted by atomic mass is 32.2. The Balaban J connectivity index is 2.61. The van der Waals surface area contributed by atoms with Gasteiger partial charge in [0.25, 0.3) is 0 Å². The van der Waals surface area contributed by atoms with Crippen molar-refractivity contribution in [1.82, 2.24) is 10.6 Å². The maximum absolute atomic E-state index is 11.6. The highest BCUT2D eigenvalue weighted by Gasteiger charge is 2.12. The molecule has 116 valence electrons. The van der Waals surface area contributed by atoms with E-state index in [1.54, 1.807) is 19.1 Å². The summed E-state index contributed by atoms with van der Waals surface area (Å²) in [6.45, 7) is 1.38. The van der Waals surface area contributed by atoms with Crippen LogP contribution >= 0.6 is 0 Å². The molecule has 6 N–H and O–H groups in total. The van der Waals surface area contributed by atoms with E-state index in [0.29, 0.717) is 5.56 Å². The molecule has 0 radical (unpaired) electrons. The zero-order chi connectivity index (χ0) is 16.0. The molecule has 1 atom stereocenters. The molecule has 2 amide bonds. The Morgan fingerprint density at radius 3 is 2.24 bits per heavy atom. The number of carbonyl (C=O) groups is 2. The van der Waals surface area contributed by atoms with Crippen LogP contribution in [0.5, 0.6) is 0 Å². The first-order valence-electron chi connectivity index (χ1n) is 6.13. The van der Waals surface area contributed by atoms with E-state index >= 15 is 0 Å². The van der Waals surface area contributed by atoms with Crippen LogP contribution in [0.3, 0.4) is 0 Å². The Labute approximate surface area is 122 Å². The number of primary sulfonamides is 1. The minimum absolute atomic E-state index is 0.0000133. The molecule has 0 heterocycles. The summed E-state index contributed by atoms with van der Waals surface area (Å²) in [5.41, 5.74) is 5.81. The molecule has 0 aromatic heterocycles. The third-order valence-electron chi connectivity index (χ3n) is 2.72. The largest absolute Gasteiger partial charge is 0.348 e. The van der Waals surface area contributed by atoms with E-state index in [1.807, 2.05) is 0 Å². The Bertz CT molecular complexity index is 613. The molecule has 0 saturated carbocycles. The molecule has 1 aromatic carbocycles. The Morgan fingerprint density at radius 1 is 1.19 bits per heavy atom. The first-order chi connectivity index (χ1) is 9.74. The second-order valence-electron chi connectivity index (χ2n) is 4.38. The van der Waals surface area contributed by atoms with E-state index in [1.165, 1.54) is 12.1 Å². The van der Waals surface area contributed by atoms with Crippen LogP contribution in [0.4, 0.5) is 0 Å². The summed E-state index contributed by atoms with van der Waals surface area (Å²) in [5.74, 6) is -0.796. The van der Waals surface area contributed by atoms with Gasteiger partial charge in [-0.3, -0.25) is 9.59 Å². The molecule has 9 heteroatoms. The highest BCUT2D eigenvalue weighted by Crippen LogP contribution is 2.15. The van der Waals surface area contributed by atoms with Gasteiger partial charge in [0.1, 0.15) is 0 Å². The van der Waals surface area contributed by atoms with E-state index in [9.17, 15) is 18.0 Å². The zero-order valence-corrected chi connectivity index (χ0v) is 12.3. The first kappa shape index (κ1) is 17.1. The van der Waals surface area contributed by atoms with Crippen molar-refractivity contribution in [3.05, 3.63) is 29.8 Å². The van der Waals surface area contributed by atoms with Crippen molar-refractivity contribution in [2.24, 2.45) is 10.9 Å². The van der Waals surface area contributed by atoms with Crippen molar-refractivity contribution in [1.29, 1.82) is 0 Å². The van der Waals surface area contributed by atoms with Crippen LogP contribution in [0.25, 0.3) is 0 Å². The van der Waals surface area contributed by atoms with Gasteiger partial charge >= 0.3 is 0 Å². The third-order valence-corrected chi connectivity index (χ3v) is 3.65. The van der Waals surface area contributed by atoms with Gasteiger partial charge in [-0.15, -0.1) is 0 Å². The van der Waals surface area contributed by atoms with Gasteiger partial charge in [-0.25, -0.2) is 13.6 Å². The van der Waals surface area contributed by atoms with E-state index < -0.39 is 15.9 Å². The molecule has 0 spiro atoms. The molecular formula is C12H18N4O4S. The second-order valence-corrected chi connectivity index (χ2v) is 5.95. The van der Waals surface area contributed by atoms with Gasteiger partial charge in [-0.2, -0.15) is 0 Å². The van der Waals surface area contributed by atoms with Crippen LogP contribution in [0.15, 0.2) is 29.2 Å². The summed E-state index contributed by atoms with van der Waals surface area (Å²) < 4.78 is 22.3. The van der Waals surface area contributed by atoms with Crippen molar-refractivity contribution >= 4 is 21.8 Å². The minimum atomic E-state index is -3.74. The van der Waals surface area contributed by atoms with Crippen LogP contribution < -0.4 is 21.5 Å². The number of nitrogens with one attached hydrogen (secondary N) is 2. The van der Waals surface area contributed by atoms with Crippen LogP contribution in [0.2, 0.25) is 0 Å². The lowest BCUT2D eigenvalue weighted by Crippen LogP contribution is -2.40. The van der Waals surface area contributed by atoms with E-state index in [-0.39, 0.29) is 29.9 Å². The lowest BCUT2D eigenvalue weighted by Gasteiger charge is -2.15. The molecular weight excluding hydrogens is 296 g/mol. The van der Waals surface area contributed by atoms with Gasteiger partial charge in [0.15, 0.2) is 0 Å². The van der Waals surface area contributed by atoms with Gasteiger partial charge in [-0.05, 0) is 24.6 Å². The zero-order valence-electron chi connectivity index (χ0n) is 11.5. The Kier molecular flexibility index (Phi) is 5.82. The lowest BCUT2D eigenvalue weighted by molar-refractivity contribution is -0.125. The number of nitrogens with two attached hydrogens (primary N) is 2. The summed E-state index contributed by atoms with van der Waals surface area (Å²) in [4.78, 5) is 22.5. The molecule has 0 aliphatic carbocycles. The quantitative estimate of drug-likeness (QED) is 0.509. The number of hydrogen-bond donors (Lipinski definition) is 4. The van der Waals surface area contributed by atoms with Crippen LogP contribution in [-0.2, 0) is 19.6 Å². The summed E-state index contributed by atoms with van der Waals surface area (Å²) in [6.07, 6.45) is 0. The number of sulfonamides is 1. The fourth-order valence-corrected chi connectivity index (χ4v) is 2.09. The molecule has 0 fully saturated rings. The highest BCUT2D eigenvalue weighted by molar-refractivity contribution is 7.89. The molecule has 21 heavy (non-hydrogen) atoms. The number of benzene rings is 1. The smallest absolute Gasteiger partial charge is 0.239 e. The number of carbonyl (C=O) groups excluding carboxylic acids is 2. The molecule has 1 aromatic rings. The van der Waals surface area contributed by atoms with Crippen molar-refractivity contribution in [2.45, 2.75) is 17.9 Å². The number of rotatable bonds is 6. The van der Waals surface area contributed by atoms with E-state index in [4.69, 9.17) is 10.9 Å². The topological polar surface area (TPSA) is 144 Å². The minimum Gasteiger partial charge on any atom is -0.348 e. The summed E-state index contributed by atoms with van der Waals surface area (Å²) in [5, 5.41) is 10.0. The monoisotopic (exact) mass is 314 g/mol. The average Bonchev–Trinajstić information content (AvgIpc) is 2.43. The van der Waals surface area contributed by atoms with Crippen LogP contribution in [-0.4, -0.2) is 33.3 Å². The van der Waals surface area contributed by atoms with Crippen molar-refractivity contribution < 1.29 is 18.0 Å². The molecule has 0 bridgehead atoms. The number of hydrogen-bond acceptors (Lipinski definition) is 5. The van der Waals surface area contributed by atoms with Gasteiger partial charge in [0.2, 0.25) is 21.8 Å². The molecule has 0 aliphatic rings. The molecule has 1 rings (SSSR count). The van der Waals surface area contributed by atoms with Crippen molar-refractivity contribution in [3.63, 3.8) is 0 Å². The van der Waals surface area contributed by atoms with Crippen LogP contribution in [0.1, 0.15) is 18.5 Å². The molecule has 8 nitrogen and oxygen atoms in total. The van der Waals surface area contributed by atoms with Gasteiger partial charge in [-0.1, -0.05) is 12.1 Å². The first-order valence-corrected chi connectivity index (χ1v) is 7.67. The van der Waals surface area contributed by atoms with Crippen molar-refractivity contribution in [3.8, 4) is 0 Å². The summed E-state index contributed by atoms with van der Waals surface area (Å²) in [7, 11) is -3.74. The fraction of sp³-hybridized carbons (Fsp3) is 0.333. The molecule has 0 saturated heterocycles.